The first kappa shape index (κ1) is 9.49. The van der Waals surface area contributed by atoms with E-state index in [1.54, 1.807) is 0 Å². The minimum atomic E-state index is -1.35. The average molecular weight is 172 g/mol. The Morgan fingerprint density at radius 1 is 1.00 bits per heavy atom. The molecule has 1 aliphatic carbocycles. The second-order valence-electron chi connectivity index (χ2n) is 3.05. The second-order valence-corrected chi connectivity index (χ2v) is 3.05. The van der Waals surface area contributed by atoms with Crippen LogP contribution in [-0.2, 0) is 0 Å². The van der Waals surface area contributed by atoms with Gasteiger partial charge in [0.1, 0.15) is 12.2 Å². The smallest absolute Gasteiger partial charge is 0.109 e. The predicted molar refractivity (Wildman–Crippen MR) is 41.0 cm³/mol. The number of terminal acetylenes is 1. The van der Waals surface area contributed by atoms with E-state index in [4.69, 9.17) is 21.7 Å². The van der Waals surface area contributed by atoms with E-state index in [2.05, 4.69) is 5.92 Å². The molecule has 1 aliphatic rings. The van der Waals surface area contributed by atoms with Crippen LogP contribution in [0.1, 0.15) is 6.42 Å². The molecule has 0 bridgehead atoms. The lowest BCUT2D eigenvalue weighted by Crippen LogP contribution is -2.53. The van der Waals surface area contributed by atoms with Gasteiger partial charge in [-0.05, 0) is 6.42 Å². The van der Waals surface area contributed by atoms with Gasteiger partial charge in [-0.15, -0.1) is 12.3 Å². The average Bonchev–Trinajstić information content (AvgIpc) is 2.08. The van der Waals surface area contributed by atoms with E-state index in [0.717, 1.165) is 0 Å². The molecule has 0 spiro atoms. The van der Waals surface area contributed by atoms with Crippen LogP contribution in [0.5, 0.6) is 0 Å². The van der Waals surface area contributed by atoms with Crippen molar-refractivity contribution < 1.29 is 20.4 Å². The highest BCUT2D eigenvalue weighted by molar-refractivity contribution is 5.05. The Kier molecular flexibility index (Phi) is 2.70. The van der Waals surface area contributed by atoms with Crippen LogP contribution in [-0.4, -0.2) is 44.8 Å². The van der Waals surface area contributed by atoms with Crippen LogP contribution in [0.15, 0.2) is 0 Å². The second kappa shape index (κ2) is 3.42. The van der Waals surface area contributed by atoms with Gasteiger partial charge in [0.25, 0.3) is 0 Å². The number of aliphatic hydroxyl groups excluding tert-OH is 4. The van der Waals surface area contributed by atoms with Gasteiger partial charge in [0.2, 0.25) is 0 Å². The highest BCUT2D eigenvalue weighted by atomic mass is 16.4. The van der Waals surface area contributed by atoms with Crippen molar-refractivity contribution in [3.8, 4) is 12.3 Å². The van der Waals surface area contributed by atoms with Gasteiger partial charge >= 0.3 is 0 Å². The summed E-state index contributed by atoms with van der Waals surface area (Å²) < 4.78 is 0. The fourth-order valence-electron chi connectivity index (χ4n) is 1.37. The zero-order chi connectivity index (χ0) is 9.30. The molecule has 0 unspecified atom stereocenters. The van der Waals surface area contributed by atoms with Crippen molar-refractivity contribution in [3.63, 3.8) is 0 Å². The van der Waals surface area contributed by atoms with Crippen LogP contribution in [0.25, 0.3) is 0 Å². The Morgan fingerprint density at radius 2 is 1.58 bits per heavy atom. The Hall–Kier alpha value is -0.600. The van der Waals surface area contributed by atoms with E-state index in [0.29, 0.717) is 0 Å². The molecular weight excluding hydrogens is 160 g/mol. The fourth-order valence-corrected chi connectivity index (χ4v) is 1.37. The monoisotopic (exact) mass is 172 g/mol. The van der Waals surface area contributed by atoms with E-state index in [9.17, 15) is 5.11 Å². The topological polar surface area (TPSA) is 80.9 Å². The largest absolute Gasteiger partial charge is 0.390 e. The lowest BCUT2D eigenvalue weighted by atomic mass is 9.81. The van der Waals surface area contributed by atoms with Crippen LogP contribution < -0.4 is 0 Å². The Bertz CT molecular complexity index is 198. The summed E-state index contributed by atoms with van der Waals surface area (Å²) in [6.45, 7) is 0. The summed E-state index contributed by atoms with van der Waals surface area (Å²) in [5.41, 5.74) is 0. The van der Waals surface area contributed by atoms with Gasteiger partial charge in [-0.2, -0.15) is 0 Å². The Labute approximate surface area is 70.5 Å². The van der Waals surface area contributed by atoms with Crippen molar-refractivity contribution in [2.75, 3.05) is 0 Å². The molecule has 1 fully saturated rings. The maximum absolute atomic E-state index is 9.26. The van der Waals surface area contributed by atoms with Gasteiger partial charge in [0, 0.05) is 0 Å². The molecule has 1 rings (SSSR count). The fraction of sp³-hybridized carbons (Fsp3) is 0.750. The summed E-state index contributed by atoms with van der Waals surface area (Å²) >= 11 is 0. The number of rotatable bonds is 0. The van der Waals surface area contributed by atoms with Crippen molar-refractivity contribution in [2.45, 2.75) is 30.8 Å². The molecule has 0 saturated heterocycles. The Morgan fingerprint density at radius 3 is 2.08 bits per heavy atom. The van der Waals surface area contributed by atoms with Crippen LogP contribution in [0, 0.1) is 18.3 Å². The summed E-state index contributed by atoms with van der Waals surface area (Å²) in [6, 6.07) is 0. The number of hydrogen-bond donors (Lipinski definition) is 4. The summed E-state index contributed by atoms with van der Waals surface area (Å²) in [5, 5.41) is 36.7. The van der Waals surface area contributed by atoms with E-state index >= 15 is 0 Å². The SMILES string of the molecule is C#C[C@@H]1C[C@H](O)[C@@H](O)[C@H](O)[C@@H]1O. The standard InChI is InChI=1S/C8H12O4/c1-2-4-3-5(9)7(11)8(12)6(4)10/h1,4-12H,3H2/t4-,5+,6-,7-,8-/m1/s1. The molecule has 0 aromatic carbocycles. The quantitative estimate of drug-likeness (QED) is 0.321. The molecule has 0 amide bonds. The van der Waals surface area contributed by atoms with Crippen molar-refractivity contribution in [1.29, 1.82) is 0 Å². The van der Waals surface area contributed by atoms with Gasteiger partial charge in [-0.1, -0.05) is 0 Å². The van der Waals surface area contributed by atoms with Crippen molar-refractivity contribution in [2.24, 2.45) is 5.92 Å². The van der Waals surface area contributed by atoms with Gasteiger partial charge in [0.15, 0.2) is 0 Å². The van der Waals surface area contributed by atoms with E-state index < -0.39 is 30.3 Å². The van der Waals surface area contributed by atoms with Gasteiger partial charge < -0.3 is 20.4 Å². The molecule has 0 heterocycles. The van der Waals surface area contributed by atoms with Crippen LogP contribution >= 0.6 is 0 Å². The first-order valence-corrected chi connectivity index (χ1v) is 3.76. The normalized spacial score (nSPS) is 48.4. The minimum absolute atomic E-state index is 0.121. The molecule has 5 atom stereocenters. The molecule has 0 radical (unpaired) electrons. The van der Waals surface area contributed by atoms with Gasteiger partial charge in [-0.3, -0.25) is 0 Å². The van der Waals surface area contributed by atoms with Crippen molar-refractivity contribution >= 4 is 0 Å². The van der Waals surface area contributed by atoms with Gasteiger partial charge in [0.05, 0.1) is 18.1 Å². The minimum Gasteiger partial charge on any atom is -0.390 e. The summed E-state index contributed by atoms with van der Waals surface area (Å²) in [6.07, 6.45) is 0.321. The van der Waals surface area contributed by atoms with Gasteiger partial charge in [-0.25, -0.2) is 0 Å². The lowest BCUT2D eigenvalue weighted by Gasteiger charge is -2.35. The predicted octanol–water partition coefficient (Wildman–Crippen LogP) is -1.92. The number of aliphatic hydroxyl groups is 4. The zero-order valence-electron chi connectivity index (χ0n) is 6.46. The molecule has 4 N–H and O–H groups in total. The molecular formula is C8H12O4. The van der Waals surface area contributed by atoms with E-state index in [1.807, 2.05) is 0 Å². The van der Waals surface area contributed by atoms with Crippen molar-refractivity contribution in [1.82, 2.24) is 0 Å². The molecule has 4 heteroatoms. The van der Waals surface area contributed by atoms with Crippen LogP contribution in [0.2, 0.25) is 0 Å². The van der Waals surface area contributed by atoms with Crippen molar-refractivity contribution in [3.05, 3.63) is 0 Å². The third-order valence-corrected chi connectivity index (χ3v) is 2.22. The van der Waals surface area contributed by atoms with Crippen LogP contribution in [0.3, 0.4) is 0 Å². The summed E-state index contributed by atoms with van der Waals surface area (Å²) in [7, 11) is 0. The molecule has 0 aromatic heterocycles. The third-order valence-electron chi connectivity index (χ3n) is 2.22. The molecule has 0 aliphatic heterocycles. The molecule has 0 aromatic rings. The molecule has 12 heavy (non-hydrogen) atoms. The Balaban J connectivity index is 2.72. The van der Waals surface area contributed by atoms with E-state index in [1.165, 1.54) is 0 Å². The summed E-state index contributed by atoms with van der Waals surface area (Å²) in [4.78, 5) is 0. The zero-order valence-corrected chi connectivity index (χ0v) is 6.46. The third kappa shape index (κ3) is 1.45. The lowest BCUT2D eigenvalue weighted by molar-refractivity contribution is -0.147. The maximum Gasteiger partial charge on any atom is 0.109 e. The highest BCUT2D eigenvalue weighted by Gasteiger charge is 2.40. The molecule has 1 saturated carbocycles. The van der Waals surface area contributed by atoms with Crippen LogP contribution in [0.4, 0.5) is 0 Å². The first-order valence-electron chi connectivity index (χ1n) is 3.76. The highest BCUT2D eigenvalue weighted by Crippen LogP contribution is 2.24. The molecule has 4 nitrogen and oxygen atoms in total. The summed E-state index contributed by atoms with van der Waals surface area (Å²) in [5.74, 6) is 1.67. The van der Waals surface area contributed by atoms with E-state index in [-0.39, 0.29) is 6.42 Å². The number of hydrogen-bond acceptors (Lipinski definition) is 4. The maximum atomic E-state index is 9.26. The first-order chi connectivity index (χ1) is 5.57. The molecule has 68 valence electrons.